The molecule has 168 valence electrons. The summed E-state index contributed by atoms with van der Waals surface area (Å²) in [7, 11) is 1.77. The summed E-state index contributed by atoms with van der Waals surface area (Å²) in [6.45, 7) is 10.8. The van der Waals surface area contributed by atoms with Crippen LogP contribution < -0.4 is 10.6 Å². The number of nitrogens with one attached hydrogen (secondary N) is 2. The van der Waals surface area contributed by atoms with E-state index in [1.807, 2.05) is 0 Å². The van der Waals surface area contributed by atoms with Gasteiger partial charge in [0, 0.05) is 58.4 Å². The van der Waals surface area contributed by atoms with Gasteiger partial charge < -0.3 is 25.0 Å². The molecule has 0 aromatic heterocycles. The molecule has 2 atom stereocenters. The SMILES string of the molecule is CCNC(=NCC1CCCOC1c1ccc(C)cc1)NC1CCN(CCOC)CC1. The van der Waals surface area contributed by atoms with Crippen LogP contribution in [0.25, 0.3) is 0 Å². The third-order valence-corrected chi connectivity index (χ3v) is 6.22. The Labute approximate surface area is 182 Å². The molecule has 0 radical (unpaired) electrons. The van der Waals surface area contributed by atoms with Crippen LogP contribution in [0.2, 0.25) is 0 Å². The van der Waals surface area contributed by atoms with Crippen molar-refractivity contribution in [3.8, 4) is 0 Å². The summed E-state index contributed by atoms with van der Waals surface area (Å²) in [5.74, 6) is 1.37. The molecule has 1 aromatic rings. The van der Waals surface area contributed by atoms with Crippen LogP contribution >= 0.6 is 0 Å². The highest BCUT2D eigenvalue weighted by molar-refractivity contribution is 5.80. The van der Waals surface area contributed by atoms with Crippen molar-refractivity contribution in [1.29, 1.82) is 0 Å². The van der Waals surface area contributed by atoms with E-state index in [0.29, 0.717) is 12.0 Å². The second-order valence-corrected chi connectivity index (χ2v) is 8.58. The smallest absolute Gasteiger partial charge is 0.191 e. The average molecular weight is 417 g/mol. The first-order valence-electron chi connectivity index (χ1n) is 11.6. The van der Waals surface area contributed by atoms with Gasteiger partial charge in [-0.3, -0.25) is 4.99 Å². The fraction of sp³-hybridized carbons (Fsp3) is 0.708. The molecule has 6 nitrogen and oxygen atoms in total. The van der Waals surface area contributed by atoms with Crippen LogP contribution in [0.5, 0.6) is 0 Å². The Hall–Kier alpha value is -1.63. The minimum Gasteiger partial charge on any atom is -0.383 e. The van der Waals surface area contributed by atoms with Crippen LogP contribution in [0.15, 0.2) is 29.3 Å². The number of aliphatic imine (C=N–C) groups is 1. The van der Waals surface area contributed by atoms with Crippen molar-refractivity contribution in [2.75, 3.05) is 53.0 Å². The fourth-order valence-electron chi connectivity index (χ4n) is 4.40. The fourth-order valence-corrected chi connectivity index (χ4v) is 4.40. The maximum atomic E-state index is 6.18. The normalized spacial score (nSPS) is 24.0. The van der Waals surface area contributed by atoms with E-state index in [1.54, 1.807) is 7.11 Å². The number of hydrogen-bond acceptors (Lipinski definition) is 4. The molecule has 3 rings (SSSR count). The molecule has 30 heavy (non-hydrogen) atoms. The van der Waals surface area contributed by atoms with Crippen molar-refractivity contribution in [1.82, 2.24) is 15.5 Å². The molecule has 6 heteroatoms. The number of ether oxygens (including phenoxy) is 2. The van der Waals surface area contributed by atoms with Crippen molar-refractivity contribution in [2.24, 2.45) is 10.9 Å². The van der Waals surface area contributed by atoms with Gasteiger partial charge in [-0.1, -0.05) is 29.8 Å². The number of methoxy groups -OCH3 is 1. The molecule has 0 saturated carbocycles. The average Bonchev–Trinajstić information content (AvgIpc) is 2.78. The predicted molar refractivity (Wildman–Crippen MR) is 123 cm³/mol. The van der Waals surface area contributed by atoms with Gasteiger partial charge in [-0.05, 0) is 45.1 Å². The number of nitrogens with zero attached hydrogens (tertiary/aromatic N) is 2. The zero-order valence-corrected chi connectivity index (χ0v) is 19.0. The quantitative estimate of drug-likeness (QED) is 0.504. The molecule has 2 fully saturated rings. The first kappa shape index (κ1) is 23.0. The Morgan fingerprint density at radius 3 is 2.67 bits per heavy atom. The molecular weight excluding hydrogens is 376 g/mol. The Morgan fingerprint density at radius 1 is 1.20 bits per heavy atom. The van der Waals surface area contributed by atoms with Crippen LogP contribution in [0.4, 0.5) is 0 Å². The summed E-state index contributed by atoms with van der Waals surface area (Å²) < 4.78 is 11.4. The Balaban J connectivity index is 1.56. The van der Waals surface area contributed by atoms with E-state index >= 15 is 0 Å². The molecule has 2 unspecified atom stereocenters. The first-order chi connectivity index (χ1) is 14.7. The second-order valence-electron chi connectivity index (χ2n) is 8.58. The van der Waals surface area contributed by atoms with Crippen LogP contribution in [-0.4, -0.2) is 69.9 Å². The van der Waals surface area contributed by atoms with Crippen LogP contribution in [-0.2, 0) is 9.47 Å². The van der Waals surface area contributed by atoms with E-state index in [0.717, 1.165) is 71.2 Å². The number of aryl methyl sites for hydroxylation is 1. The Morgan fingerprint density at radius 2 is 1.97 bits per heavy atom. The number of likely N-dealkylation sites (tertiary alicyclic amines) is 1. The topological polar surface area (TPSA) is 58.1 Å². The van der Waals surface area contributed by atoms with E-state index in [4.69, 9.17) is 14.5 Å². The molecular formula is C24H40N4O2. The number of guanidine groups is 1. The zero-order valence-electron chi connectivity index (χ0n) is 19.0. The maximum Gasteiger partial charge on any atom is 0.191 e. The molecule has 2 heterocycles. The number of hydrogen-bond donors (Lipinski definition) is 2. The predicted octanol–water partition coefficient (Wildman–Crippen LogP) is 3.13. The molecule has 0 bridgehead atoms. The minimum absolute atomic E-state index is 0.148. The standard InChI is InChI=1S/C24H40N4O2/c1-4-25-24(27-22-11-13-28(14-12-22)15-17-29-3)26-18-21-6-5-16-30-23(21)20-9-7-19(2)8-10-20/h7-10,21-23H,4-6,11-18H2,1-3H3,(H2,25,26,27). The number of rotatable bonds is 8. The van der Waals surface area contributed by atoms with Crippen molar-refractivity contribution in [3.63, 3.8) is 0 Å². The maximum absolute atomic E-state index is 6.18. The van der Waals surface area contributed by atoms with Crippen molar-refractivity contribution in [2.45, 2.75) is 51.7 Å². The highest BCUT2D eigenvalue weighted by atomic mass is 16.5. The number of piperidine rings is 1. The summed E-state index contributed by atoms with van der Waals surface area (Å²) in [4.78, 5) is 7.46. The molecule has 0 spiro atoms. The lowest BCUT2D eigenvalue weighted by atomic mass is 9.89. The zero-order chi connectivity index (χ0) is 21.2. The Bertz CT molecular complexity index is 641. The molecule has 0 amide bonds. The molecule has 2 aliphatic heterocycles. The van der Waals surface area contributed by atoms with Crippen molar-refractivity contribution >= 4 is 5.96 Å². The van der Waals surface area contributed by atoms with E-state index in [2.05, 4.69) is 53.6 Å². The van der Waals surface area contributed by atoms with Gasteiger partial charge in [0.15, 0.2) is 5.96 Å². The summed E-state index contributed by atoms with van der Waals surface area (Å²) in [5, 5.41) is 7.12. The van der Waals surface area contributed by atoms with Gasteiger partial charge in [0.05, 0.1) is 12.7 Å². The molecule has 1 aromatic carbocycles. The third kappa shape index (κ3) is 6.96. The minimum atomic E-state index is 0.148. The van der Waals surface area contributed by atoms with Crippen molar-refractivity contribution < 1.29 is 9.47 Å². The van der Waals surface area contributed by atoms with Gasteiger partial charge in [0.25, 0.3) is 0 Å². The van der Waals surface area contributed by atoms with Gasteiger partial charge in [-0.15, -0.1) is 0 Å². The third-order valence-electron chi connectivity index (χ3n) is 6.22. The molecule has 2 saturated heterocycles. The second kappa shape index (κ2) is 12.3. The van der Waals surface area contributed by atoms with Crippen molar-refractivity contribution in [3.05, 3.63) is 35.4 Å². The highest BCUT2D eigenvalue weighted by Gasteiger charge is 2.27. The van der Waals surface area contributed by atoms with Gasteiger partial charge >= 0.3 is 0 Å². The summed E-state index contributed by atoms with van der Waals surface area (Å²) in [6.07, 6.45) is 4.72. The van der Waals surface area contributed by atoms with Gasteiger partial charge in [-0.2, -0.15) is 0 Å². The van der Waals surface area contributed by atoms with Gasteiger partial charge in [0.1, 0.15) is 0 Å². The largest absolute Gasteiger partial charge is 0.383 e. The van der Waals surface area contributed by atoms with Gasteiger partial charge in [0.2, 0.25) is 0 Å². The van der Waals surface area contributed by atoms with E-state index in [-0.39, 0.29) is 6.10 Å². The van der Waals surface area contributed by atoms with Gasteiger partial charge in [-0.25, -0.2) is 0 Å². The molecule has 0 aliphatic carbocycles. The van der Waals surface area contributed by atoms with Crippen LogP contribution in [0.3, 0.4) is 0 Å². The van der Waals surface area contributed by atoms with Crippen LogP contribution in [0, 0.1) is 12.8 Å². The van der Waals surface area contributed by atoms with E-state index < -0.39 is 0 Å². The van der Waals surface area contributed by atoms with E-state index in [1.165, 1.54) is 17.5 Å². The lowest BCUT2D eigenvalue weighted by Crippen LogP contribution is -2.49. The summed E-state index contributed by atoms with van der Waals surface area (Å²) in [5.41, 5.74) is 2.57. The Kier molecular flexibility index (Phi) is 9.43. The highest BCUT2D eigenvalue weighted by Crippen LogP contribution is 2.34. The van der Waals surface area contributed by atoms with E-state index in [9.17, 15) is 0 Å². The summed E-state index contributed by atoms with van der Waals surface area (Å²) in [6, 6.07) is 9.26. The molecule has 2 aliphatic rings. The monoisotopic (exact) mass is 416 g/mol. The summed E-state index contributed by atoms with van der Waals surface area (Å²) >= 11 is 0. The first-order valence-corrected chi connectivity index (χ1v) is 11.6. The van der Waals surface area contributed by atoms with Crippen LogP contribution in [0.1, 0.15) is 49.8 Å². The molecule has 2 N–H and O–H groups in total. The lowest BCUT2D eigenvalue weighted by molar-refractivity contribution is -0.0250. The lowest BCUT2D eigenvalue weighted by Gasteiger charge is -2.33. The number of benzene rings is 1.